The second kappa shape index (κ2) is 7.19. The maximum atomic E-state index is 13.4. The van der Waals surface area contributed by atoms with E-state index in [2.05, 4.69) is 10.3 Å². The number of fused-ring (bicyclic) bond motifs is 1. The molecule has 0 aliphatic heterocycles. The highest BCUT2D eigenvalue weighted by molar-refractivity contribution is 6.36. The molecule has 0 atom stereocenters. The second-order valence-electron chi connectivity index (χ2n) is 10.2. The third-order valence-corrected chi connectivity index (χ3v) is 8.47. The number of hydrogen-bond donors (Lipinski definition) is 1. The van der Waals surface area contributed by atoms with Gasteiger partial charge in [-0.1, -0.05) is 29.3 Å². The first-order valence-corrected chi connectivity index (χ1v) is 12.2. The van der Waals surface area contributed by atoms with Gasteiger partial charge in [-0.2, -0.15) is 5.10 Å². The molecule has 0 unspecified atom stereocenters. The molecule has 7 heteroatoms. The summed E-state index contributed by atoms with van der Waals surface area (Å²) in [4.78, 5) is 18.1. The van der Waals surface area contributed by atoms with Crippen LogP contribution in [0.25, 0.3) is 16.8 Å². The number of carbonyl (C=O) groups excluding carboxylic acids is 1. The molecule has 2 heterocycles. The second-order valence-corrected chi connectivity index (χ2v) is 11.1. The molecule has 32 heavy (non-hydrogen) atoms. The van der Waals surface area contributed by atoms with Crippen molar-refractivity contribution in [1.29, 1.82) is 0 Å². The number of aryl methyl sites for hydroxylation is 2. The van der Waals surface area contributed by atoms with E-state index in [-0.39, 0.29) is 11.4 Å². The minimum absolute atomic E-state index is 0.0296. The van der Waals surface area contributed by atoms with E-state index in [9.17, 15) is 4.79 Å². The summed E-state index contributed by atoms with van der Waals surface area (Å²) < 4.78 is 1.77. The molecule has 166 valence electrons. The van der Waals surface area contributed by atoms with Crippen molar-refractivity contribution in [2.45, 2.75) is 57.9 Å². The normalized spacial score (nSPS) is 28.4. The number of benzene rings is 1. The summed E-state index contributed by atoms with van der Waals surface area (Å²) in [5.74, 6) is 2.31. The lowest BCUT2D eigenvalue weighted by molar-refractivity contribution is -0.0167. The van der Waals surface area contributed by atoms with Crippen molar-refractivity contribution >= 4 is 34.8 Å². The largest absolute Gasteiger partial charge is 0.346 e. The van der Waals surface area contributed by atoms with Gasteiger partial charge in [-0.25, -0.2) is 9.50 Å². The van der Waals surface area contributed by atoms with Gasteiger partial charge in [0.15, 0.2) is 5.65 Å². The van der Waals surface area contributed by atoms with Crippen molar-refractivity contribution in [1.82, 2.24) is 19.9 Å². The Labute approximate surface area is 197 Å². The van der Waals surface area contributed by atoms with Crippen LogP contribution in [0.15, 0.2) is 24.4 Å². The fourth-order valence-electron chi connectivity index (χ4n) is 7.00. The van der Waals surface area contributed by atoms with E-state index in [0.717, 1.165) is 59.5 Å². The van der Waals surface area contributed by atoms with Crippen molar-refractivity contribution < 1.29 is 4.79 Å². The van der Waals surface area contributed by atoms with Crippen LogP contribution < -0.4 is 5.32 Å². The highest BCUT2D eigenvalue weighted by atomic mass is 35.5. The molecule has 0 saturated heterocycles. The molecule has 1 aromatic carbocycles. The molecule has 3 aromatic rings. The highest BCUT2D eigenvalue weighted by Crippen LogP contribution is 2.55. The number of aromatic nitrogens is 3. The molecular weight excluding hydrogens is 443 g/mol. The third-order valence-electron chi connectivity index (χ3n) is 7.92. The zero-order valence-electron chi connectivity index (χ0n) is 18.3. The SMILES string of the molecule is Cc1nn2c(C)c(C(=O)NC34CC5CC(CC(C5)C3)C4)cnc2c1-c1ccc(Cl)cc1Cl. The Bertz CT molecular complexity index is 1230. The van der Waals surface area contributed by atoms with Gasteiger partial charge in [0, 0.05) is 22.3 Å². The van der Waals surface area contributed by atoms with Crippen LogP contribution in [0.4, 0.5) is 0 Å². The van der Waals surface area contributed by atoms with Crippen LogP contribution in [0, 0.1) is 31.6 Å². The molecule has 2 aromatic heterocycles. The van der Waals surface area contributed by atoms with Gasteiger partial charge in [-0.3, -0.25) is 4.79 Å². The molecule has 4 saturated carbocycles. The monoisotopic (exact) mass is 468 g/mol. The summed E-state index contributed by atoms with van der Waals surface area (Å²) in [5, 5.41) is 9.30. The average Bonchev–Trinajstić information content (AvgIpc) is 3.04. The van der Waals surface area contributed by atoms with Crippen LogP contribution >= 0.6 is 23.2 Å². The van der Waals surface area contributed by atoms with Crippen LogP contribution in [0.3, 0.4) is 0 Å². The summed E-state index contributed by atoms with van der Waals surface area (Å²) in [6.45, 7) is 3.87. The van der Waals surface area contributed by atoms with Gasteiger partial charge in [0.25, 0.3) is 5.91 Å². The summed E-state index contributed by atoms with van der Waals surface area (Å²) in [6, 6.07) is 5.42. The first kappa shape index (κ1) is 20.5. The lowest BCUT2D eigenvalue weighted by Gasteiger charge is -2.56. The van der Waals surface area contributed by atoms with Gasteiger partial charge >= 0.3 is 0 Å². The average molecular weight is 469 g/mol. The Balaban J connectivity index is 1.36. The van der Waals surface area contributed by atoms with E-state index in [1.165, 1.54) is 19.3 Å². The van der Waals surface area contributed by atoms with Crippen LogP contribution in [-0.4, -0.2) is 26.0 Å². The first-order valence-electron chi connectivity index (χ1n) is 11.4. The summed E-state index contributed by atoms with van der Waals surface area (Å²) >= 11 is 12.6. The van der Waals surface area contributed by atoms with Crippen LogP contribution in [0.2, 0.25) is 10.0 Å². The minimum atomic E-state index is -0.0325. The van der Waals surface area contributed by atoms with Crippen LogP contribution in [-0.2, 0) is 0 Å². The van der Waals surface area contributed by atoms with Crippen molar-refractivity contribution in [2.24, 2.45) is 17.8 Å². The number of rotatable bonds is 3. The number of hydrogen-bond acceptors (Lipinski definition) is 3. The maximum absolute atomic E-state index is 13.4. The summed E-state index contributed by atoms with van der Waals surface area (Å²) in [5.41, 5.74) is 4.54. The molecule has 5 nitrogen and oxygen atoms in total. The number of nitrogens with zero attached hydrogens (tertiary/aromatic N) is 3. The van der Waals surface area contributed by atoms with Gasteiger partial charge in [0.2, 0.25) is 0 Å². The van der Waals surface area contributed by atoms with Gasteiger partial charge < -0.3 is 5.32 Å². The van der Waals surface area contributed by atoms with Gasteiger partial charge in [-0.15, -0.1) is 0 Å². The third kappa shape index (κ3) is 3.16. The van der Waals surface area contributed by atoms with Crippen LogP contribution in [0.5, 0.6) is 0 Å². The molecule has 4 aliphatic carbocycles. The Hall–Kier alpha value is -2.11. The summed E-state index contributed by atoms with van der Waals surface area (Å²) in [6.07, 6.45) is 9.12. The Morgan fingerprint density at radius 1 is 1.09 bits per heavy atom. The minimum Gasteiger partial charge on any atom is -0.346 e. The van der Waals surface area contributed by atoms with Gasteiger partial charge in [0.05, 0.1) is 27.5 Å². The molecule has 4 fully saturated rings. The van der Waals surface area contributed by atoms with Gasteiger partial charge in [-0.05, 0) is 82.3 Å². The zero-order valence-corrected chi connectivity index (χ0v) is 19.8. The molecule has 4 bridgehead atoms. The van der Waals surface area contributed by atoms with E-state index >= 15 is 0 Å². The number of halogens is 2. The Morgan fingerprint density at radius 2 is 1.75 bits per heavy atom. The fourth-order valence-corrected chi connectivity index (χ4v) is 7.51. The van der Waals surface area contributed by atoms with Gasteiger partial charge in [0.1, 0.15) is 0 Å². The standard InChI is InChI=1S/C25H26Cl2N4O/c1-13-22(19-4-3-18(26)8-21(19)27)23-28-12-20(14(2)31(23)30-13)24(32)29-25-9-15-5-16(10-25)7-17(6-15)11-25/h3-4,8,12,15-17H,5-7,9-11H2,1-2H3,(H,29,32). The molecular formula is C25H26Cl2N4O. The zero-order chi connectivity index (χ0) is 22.2. The first-order chi connectivity index (χ1) is 15.3. The molecule has 0 spiro atoms. The Kier molecular flexibility index (Phi) is 4.61. The van der Waals surface area contributed by atoms with Crippen molar-refractivity contribution in [3.8, 4) is 11.1 Å². The van der Waals surface area contributed by atoms with Crippen molar-refractivity contribution in [2.75, 3.05) is 0 Å². The van der Waals surface area contributed by atoms with E-state index < -0.39 is 0 Å². The summed E-state index contributed by atoms with van der Waals surface area (Å²) in [7, 11) is 0. The predicted molar refractivity (Wildman–Crippen MR) is 126 cm³/mol. The molecule has 1 N–H and O–H groups in total. The number of carbonyl (C=O) groups is 1. The smallest absolute Gasteiger partial charge is 0.255 e. The maximum Gasteiger partial charge on any atom is 0.255 e. The molecule has 1 amide bonds. The van der Waals surface area contributed by atoms with Crippen LogP contribution in [0.1, 0.15) is 60.3 Å². The van der Waals surface area contributed by atoms with E-state index in [0.29, 0.717) is 21.3 Å². The molecule has 0 radical (unpaired) electrons. The Morgan fingerprint density at radius 3 is 2.38 bits per heavy atom. The lowest BCUT2D eigenvalue weighted by atomic mass is 9.53. The fraction of sp³-hybridized carbons (Fsp3) is 0.480. The quantitative estimate of drug-likeness (QED) is 0.511. The number of nitrogens with one attached hydrogen (secondary N) is 1. The molecule has 7 rings (SSSR count). The highest BCUT2D eigenvalue weighted by Gasteiger charge is 2.51. The van der Waals surface area contributed by atoms with Crippen molar-refractivity contribution in [3.63, 3.8) is 0 Å². The van der Waals surface area contributed by atoms with E-state index in [4.69, 9.17) is 28.3 Å². The topological polar surface area (TPSA) is 59.3 Å². The van der Waals surface area contributed by atoms with E-state index in [1.807, 2.05) is 26.0 Å². The predicted octanol–water partition coefficient (Wildman–Crippen LogP) is 6.02. The van der Waals surface area contributed by atoms with Crippen molar-refractivity contribution in [3.05, 3.63) is 51.4 Å². The number of amides is 1. The lowest BCUT2D eigenvalue weighted by Crippen LogP contribution is -2.59. The van der Waals surface area contributed by atoms with E-state index in [1.54, 1.807) is 16.8 Å². The molecule has 4 aliphatic rings.